The summed E-state index contributed by atoms with van der Waals surface area (Å²) in [4.78, 5) is 20.3. The molecule has 31 heavy (non-hydrogen) atoms. The standard InChI is InChI=1S/C21H30F3N5O.HI/c1-25-20(26-9-3-6-19(30)27-18-7-8-18)29-12-10-28(11-13-29)15-16-4-2-5-17(14-16)21(22,23)24;/h2,4-5,14,18H,3,6-13,15H2,1H3,(H,25,26)(H,27,30);1H. The van der Waals surface area contributed by atoms with Gasteiger partial charge in [-0.05, 0) is 30.9 Å². The lowest BCUT2D eigenvalue weighted by molar-refractivity contribution is -0.137. The SMILES string of the molecule is CN=C(NCCCC(=O)NC1CC1)N1CCN(Cc2cccc(C(F)(F)F)c2)CC1.I. The molecule has 0 aromatic heterocycles. The van der Waals surface area contributed by atoms with Gasteiger partial charge in [-0.1, -0.05) is 18.2 Å². The first kappa shape index (κ1) is 25.7. The number of aliphatic imine (C=N–C) groups is 1. The molecule has 2 fully saturated rings. The summed E-state index contributed by atoms with van der Waals surface area (Å²) in [5, 5.41) is 6.28. The van der Waals surface area contributed by atoms with Crippen molar-refractivity contribution >= 4 is 35.8 Å². The highest BCUT2D eigenvalue weighted by molar-refractivity contribution is 14.0. The van der Waals surface area contributed by atoms with Crippen LogP contribution in [-0.4, -0.2) is 67.5 Å². The van der Waals surface area contributed by atoms with Crippen LogP contribution in [0.25, 0.3) is 0 Å². The van der Waals surface area contributed by atoms with Crippen molar-refractivity contribution in [1.82, 2.24) is 20.4 Å². The smallest absolute Gasteiger partial charge is 0.356 e. The maximum absolute atomic E-state index is 12.9. The number of rotatable bonds is 7. The van der Waals surface area contributed by atoms with Crippen LogP contribution in [0.15, 0.2) is 29.3 Å². The maximum Gasteiger partial charge on any atom is 0.416 e. The molecule has 1 amide bonds. The summed E-state index contributed by atoms with van der Waals surface area (Å²) in [6.45, 7) is 4.18. The fraction of sp³-hybridized carbons (Fsp3) is 0.619. The number of nitrogens with zero attached hydrogens (tertiary/aromatic N) is 3. The van der Waals surface area contributed by atoms with E-state index in [1.165, 1.54) is 12.1 Å². The number of alkyl halides is 3. The monoisotopic (exact) mass is 553 g/mol. The number of carbonyl (C=O) groups is 1. The predicted octanol–water partition coefficient (Wildman–Crippen LogP) is 3.08. The lowest BCUT2D eigenvalue weighted by atomic mass is 10.1. The number of nitrogens with one attached hydrogen (secondary N) is 2. The molecule has 1 saturated heterocycles. The predicted molar refractivity (Wildman–Crippen MR) is 125 cm³/mol. The molecule has 1 aromatic rings. The Labute approximate surface area is 198 Å². The number of carbonyl (C=O) groups excluding carboxylic acids is 1. The van der Waals surface area contributed by atoms with Crippen LogP contribution < -0.4 is 10.6 Å². The molecular formula is C21H31F3IN5O. The summed E-state index contributed by atoms with van der Waals surface area (Å²) in [7, 11) is 1.73. The van der Waals surface area contributed by atoms with Crippen LogP contribution in [0.3, 0.4) is 0 Å². The molecule has 1 aromatic carbocycles. The van der Waals surface area contributed by atoms with Crippen molar-refractivity contribution in [3.63, 3.8) is 0 Å². The fourth-order valence-electron chi connectivity index (χ4n) is 3.53. The third kappa shape index (κ3) is 8.47. The van der Waals surface area contributed by atoms with Gasteiger partial charge in [0, 0.05) is 58.8 Å². The lowest BCUT2D eigenvalue weighted by Gasteiger charge is -2.36. The Morgan fingerprint density at radius 2 is 1.90 bits per heavy atom. The van der Waals surface area contributed by atoms with Gasteiger partial charge in [-0.2, -0.15) is 13.2 Å². The molecule has 1 heterocycles. The second kappa shape index (κ2) is 11.9. The summed E-state index contributed by atoms with van der Waals surface area (Å²) < 4.78 is 38.7. The van der Waals surface area contributed by atoms with E-state index >= 15 is 0 Å². The van der Waals surface area contributed by atoms with E-state index in [2.05, 4.69) is 25.4 Å². The summed E-state index contributed by atoms with van der Waals surface area (Å²) in [5.74, 6) is 0.911. The van der Waals surface area contributed by atoms with E-state index in [9.17, 15) is 18.0 Å². The molecular weight excluding hydrogens is 522 g/mol. The first-order valence-corrected chi connectivity index (χ1v) is 10.5. The van der Waals surface area contributed by atoms with E-state index in [1.807, 2.05) is 0 Å². The van der Waals surface area contributed by atoms with Gasteiger partial charge in [0.05, 0.1) is 5.56 Å². The molecule has 2 aliphatic rings. The quantitative estimate of drug-likeness (QED) is 0.236. The Morgan fingerprint density at radius 3 is 2.52 bits per heavy atom. The summed E-state index contributed by atoms with van der Waals surface area (Å²) in [6, 6.07) is 5.93. The van der Waals surface area contributed by atoms with E-state index < -0.39 is 11.7 Å². The zero-order chi connectivity index (χ0) is 21.6. The van der Waals surface area contributed by atoms with E-state index in [1.54, 1.807) is 13.1 Å². The molecule has 0 atom stereocenters. The third-order valence-corrected chi connectivity index (χ3v) is 5.35. The van der Waals surface area contributed by atoms with Gasteiger partial charge >= 0.3 is 6.18 Å². The summed E-state index contributed by atoms with van der Waals surface area (Å²) in [6.07, 6.45) is -0.878. The van der Waals surface area contributed by atoms with Crippen LogP contribution >= 0.6 is 24.0 Å². The minimum absolute atomic E-state index is 0. The average Bonchev–Trinajstić information content (AvgIpc) is 3.52. The Bertz CT molecular complexity index is 747. The van der Waals surface area contributed by atoms with Crippen LogP contribution in [0.2, 0.25) is 0 Å². The van der Waals surface area contributed by atoms with Crippen LogP contribution in [0.4, 0.5) is 13.2 Å². The van der Waals surface area contributed by atoms with E-state index in [-0.39, 0.29) is 29.9 Å². The molecule has 174 valence electrons. The van der Waals surface area contributed by atoms with Gasteiger partial charge in [-0.15, -0.1) is 24.0 Å². The minimum atomic E-state index is -4.31. The van der Waals surface area contributed by atoms with Crippen molar-refractivity contribution in [2.75, 3.05) is 39.8 Å². The number of hydrogen-bond donors (Lipinski definition) is 2. The third-order valence-electron chi connectivity index (χ3n) is 5.35. The molecule has 1 aliphatic heterocycles. The van der Waals surface area contributed by atoms with Gasteiger partial charge in [0.2, 0.25) is 5.91 Å². The lowest BCUT2D eigenvalue weighted by Crippen LogP contribution is -2.52. The van der Waals surface area contributed by atoms with Crippen molar-refractivity contribution < 1.29 is 18.0 Å². The first-order chi connectivity index (χ1) is 14.3. The van der Waals surface area contributed by atoms with Crippen LogP contribution in [0.5, 0.6) is 0 Å². The summed E-state index contributed by atoms with van der Waals surface area (Å²) >= 11 is 0. The molecule has 0 bridgehead atoms. The maximum atomic E-state index is 12.9. The zero-order valence-corrected chi connectivity index (χ0v) is 20.1. The number of benzene rings is 1. The van der Waals surface area contributed by atoms with Crippen molar-refractivity contribution in [3.8, 4) is 0 Å². The Hall–Kier alpha value is -1.56. The highest BCUT2D eigenvalue weighted by atomic mass is 127. The highest BCUT2D eigenvalue weighted by Gasteiger charge is 2.30. The second-order valence-corrected chi connectivity index (χ2v) is 7.88. The molecule has 0 unspecified atom stereocenters. The van der Waals surface area contributed by atoms with Gasteiger partial charge < -0.3 is 15.5 Å². The van der Waals surface area contributed by atoms with E-state index in [0.29, 0.717) is 31.1 Å². The number of halogens is 4. The van der Waals surface area contributed by atoms with Gasteiger partial charge in [0.15, 0.2) is 5.96 Å². The minimum Gasteiger partial charge on any atom is -0.356 e. The first-order valence-electron chi connectivity index (χ1n) is 10.5. The van der Waals surface area contributed by atoms with Crippen molar-refractivity contribution in [1.29, 1.82) is 0 Å². The van der Waals surface area contributed by atoms with Gasteiger partial charge in [-0.3, -0.25) is 14.7 Å². The number of hydrogen-bond acceptors (Lipinski definition) is 3. The highest BCUT2D eigenvalue weighted by Crippen LogP contribution is 2.29. The molecule has 0 spiro atoms. The summed E-state index contributed by atoms with van der Waals surface area (Å²) in [5.41, 5.74) is 0.0688. The van der Waals surface area contributed by atoms with Gasteiger partial charge in [0.25, 0.3) is 0 Å². The second-order valence-electron chi connectivity index (χ2n) is 7.88. The zero-order valence-electron chi connectivity index (χ0n) is 17.7. The Morgan fingerprint density at radius 1 is 1.19 bits per heavy atom. The van der Waals surface area contributed by atoms with Crippen molar-refractivity contribution in [3.05, 3.63) is 35.4 Å². The fourth-order valence-corrected chi connectivity index (χ4v) is 3.53. The molecule has 3 rings (SSSR count). The van der Waals surface area contributed by atoms with Crippen LogP contribution in [0.1, 0.15) is 36.8 Å². The molecule has 10 heteroatoms. The van der Waals surface area contributed by atoms with Gasteiger partial charge in [-0.25, -0.2) is 0 Å². The van der Waals surface area contributed by atoms with Crippen LogP contribution in [-0.2, 0) is 17.5 Å². The molecule has 1 aliphatic carbocycles. The number of guanidine groups is 1. The normalized spacial score (nSPS) is 17.8. The number of amides is 1. The average molecular weight is 553 g/mol. The molecule has 6 nitrogen and oxygen atoms in total. The van der Waals surface area contributed by atoms with E-state index in [4.69, 9.17) is 0 Å². The topological polar surface area (TPSA) is 60.0 Å². The Kier molecular flexibility index (Phi) is 9.86. The van der Waals surface area contributed by atoms with Crippen molar-refractivity contribution in [2.24, 2.45) is 4.99 Å². The number of piperazine rings is 1. The molecule has 1 saturated carbocycles. The Balaban J connectivity index is 0.00000341. The van der Waals surface area contributed by atoms with Crippen LogP contribution in [0, 0.1) is 0 Å². The van der Waals surface area contributed by atoms with Crippen molar-refractivity contribution in [2.45, 2.75) is 44.4 Å². The van der Waals surface area contributed by atoms with Gasteiger partial charge in [0.1, 0.15) is 0 Å². The molecule has 2 N–H and O–H groups in total. The molecule has 0 radical (unpaired) electrons. The largest absolute Gasteiger partial charge is 0.416 e. The van der Waals surface area contributed by atoms with E-state index in [0.717, 1.165) is 57.5 Å².